The Morgan fingerprint density at radius 3 is 2.83 bits per heavy atom. The van der Waals surface area contributed by atoms with Crippen LogP contribution in [0, 0.1) is 4.77 Å². The van der Waals surface area contributed by atoms with Gasteiger partial charge in [0.15, 0.2) is 0 Å². The number of furan rings is 1. The van der Waals surface area contributed by atoms with Crippen molar-refractivity contribution in [2.75, 3.05) is 0 Å². The molecule has 5 nitrogen and oxygen atoms in total. The number of aromatic nitrogens is 3. The number of rotatable bonds is 3. The zero-order valence-corrected chi connectivity index (χ0v) is 12.7. The maximum atomic E-state index is 12.9. The van der Waals surface area contributed by atoms with Crippen LogP contribution >= 0.6 is 12.2 Å². The number of halogens is 3. The molecule has 0 spiro atoms. The number of H-pyrrole nitrogens is 1. The molecule has 0 amide bonds. The van der Waals surface area contributed by atoms with Crippen LogP contribution in [0.4, 0.5) is 13.2 Å². The second-order valence-electron chi connectivity index (χ2n) is 4.70. The highest BCUT2D eigenvalue weighted by Gasteiger charge is 2.37. The van der Waals surface area contributed by atoms with Gasteiger partial charge in [-0.25, -0.2) is 5.10 Å². The number of nitrogens with zero attached hydrogens (tertiary/aromatic N) is 3. The average molecular weight is 340 g/mol. The predicted molar refractivity (Wildman–Crippen MR) is 81.0 cm³/mol. The van der Waals surface area contributed by atoms with E-state index in [0.717, 1.165) is 5.39 Å². The molecule has 1 N–H and O–H groups in total. The third-order valence-electron chi connectivity index (χ3n) is 3.24. The van der Waals surface area contributed by atoms with Crippen molar-refractivity contribution in [2.45, 2.75) is 19.5 Å². The lowest BCUT2D eigenvalue weighted by Crippen LogP contribution is -2.12. The standard InChI is InChI=1S/C14H11F3N4OS/c1-2-10-9(8-5-3-4-6-11(8)22-10)7-18-21-12(14(15,16)17)19-20-13(21)23/h3-7H,2H2,1H3,(H,20,23)/b18-7-. The minimum absolute atomic E-state index is 0.237. The van der Waals surface area contributed by atoms with Crippen LogP contribution in [0.15, 0.2) is 33.8 Å². The van der Waals surface area contributed by atoms with E-state index in [9.17, 15) is 13.2 Å². The van der Waals surface area contributed by atoms with Crippen LogP contribution in [0.1, 0.15) is 24.1 Å². The van der Waals surface area contributed by atoms with E-state index >= 15 is 0 Å². The number of aromatic amines is 1. The summed E-state index contributed by atoms with van der Waals surface area (Å²) in [7, 11) is 0. The molecule has 0 aliphatic heterocycles. The Kier molecular flexibility index (Phi) is 3.80. The van der Waals surface area contributed by atoms with Crippen molar-refractivity contribution in [1.82, 2.24) is 14.9 Å². The van der Waals surface area contributed by atoms with Crippen molar-refractivity contribution in [3.63, 3.8) is 0 Å². The molecule has 0 aliphatic rings. The first-order valence-corrected chi connectivity index (χ1v) is 7.12. The molecule has 1 aromatic carbocycles. The molecule has 0 bridgehead atoms. The van der Waals surface area contributed by atoms with Crippen molar-refractivity contribution in [2.24, 2.45) is 5.10 Å². The van der Waals surface area contributed by atoms with Crippen molar-refractivity contribution >= 4 is 29.4 Å². The SMILES string of the molecule is CCc1oc2ccccc2c1/C=N\n1c(C(F)(F)F)n[nH]c1=S. The molecule has 120 valence electrons. The maximum absolute atomic E-state index is 12.9. The van der Waals surface area contributed by atoms with Gasteiger partial charge in [-0.05, 0) is 18.3 Å². The molecule has 0 unspecified atom stereocenters. The molecule has 0 fully saturated rings. The van der Waals surface area contributed by atoms with E-state index in [1.807, 2.05) is 25.1 Å². The Balaban J connectivity index is 2.12. The minimum Gasteiger partial charge on any atom is -0.460 e. The van der Waals surface area contributed by atoms with E-state index < -0.39 is 12.0 Å². The predicted octanol–water partition coefficient (Wildman–Crippen LogP) is 4.15. The third-order valence-corrected chi connectivity index (χ3v) is 3.50. The molecule has 3 aromatic rings. The van der Waals surface area contributed by atoms with E-state index in [2.05, 4.69) is 15.3 Å². The summed E-state index contributed by atoms with van der Waals surface area (Å²) in [5, 5.41) is 9.90. The number of hydrogen-bond donors (Lipinski definition) is 1. The molecule has 9 heteroatoms. The molecule has 2 aromatic heterocycles. The maximum Gasteiger partial charge on any atom is 0.453 e. The van der Waals surface area contributed by atoms with Crippen molar-refractivity contribution in [3.8, 4) is 0 Å². The summed E-state index contributed by atoms with van der Waals surface area (Å²) in [5.41, 5.74) is 1.27. The molecular weight excluding hydrogens is 329 g/mol. The summed E-state index contributed by atoms with van der Waals surface area (Å²) < 4.78 is 44.6. The number of hydrogen-bond acceptors (Lipinski definition) is 4. The van der Waals surface area contributed by atoms with Gasteiger partial charge in [0.05, 0.1) is 6.21 Å². The van der Waals surface area contributed by atoms with Crippen LogP contribution in [-0.2, 0) is 12.6 Å². The first-order valence-electron chi connectivity index (χ1n) is 6.71. The zero-order valence-electron chi connectivity index (χ0n) is 11.9. The van der Waals surface area contributed by atoms with Crippen LogP contribution in [0.2, 0.25) is 0 Å². The average Bonchev–Trinajstić information content (AvgIpc) is 3.05. The number of para-hydroxylation sites is 1. The normalized spacial score (nSPS) is 12.5. The number of nitrogens with one attached hydrogen (secondary N) is 1. The fraction of sp³-hybridized carbons (Fsp3) is 0.214. The van der Waals surface area contributed by atoms with E-state index in [-0.39, 0.29) is 4.77 Å². The highest BCUT2D eigenvalue weighted by molar-refractivity contribution is 7.71. The van der Waals surface area contributed by atoms with Gasteiger partial charge in [0.2, 0.25) is 4.77 Å². The smallest absolute Gasteiger partial charge is 0.453 e. The van der Waals surface area contributed by atoms with Gasteiger partial charge in [-0.15, -0.1) is 5.10 Å². The Bertz CT molecular complexity index is 936. The molecule has 23 heavy (non-hydrogen) atoms. The first-order chi connectivity index (χ1) is 10.9. The van der Waals surface area contributed by atoms with Crippen molar-refractivity contribution < 1.29 is 17.6 Å². The van der Waals surface area contributed by atoms with Gasteiger partial charge in [0, 0.05) is 17.4 Å². The fourth-order valence-electron chi connectivity index (χ4n) is 2.22. The Labute approximate surface area is 133 Å². The zero-order chi connectivity index (χ0) is 16.6. The Morgan fingerprint density at radius 1 is 1.39 bits per heavy atom. The lowest BCUT2D eigenvalue weighted by atomic mass is 10.1. The molecule has 0 saturated carbocycles. The topological polar surface area (TPSA) is 59.1 Å². The molecule has 3 rings (SSSR count). The summed E-state index contributed by atoms with van der Waals surface area (Å²) in [6, 6.07) is 7.24. The van der Waals surface area contributed by atoms with Gasteiger partial charge in [0.1, 0.15) is 11.3 Å². The Morgan fingerprint density at radius 2 is 2.13 bits per heavy atom. The number of fused-ring (bicyclic) bond motifs is 1. The van der Waals surface area contributed by atoms with E-state index in [0.29, 0.717) is 28.0 Å². The van der Waals surface area contributed by atoms with E-state index in [1.165, 1.54) is 6.21 Å². The Hall–Kier alpha value is -2.42. The molecule has 0 aliphatic carbocycles. The molecule has 0 saturated heterocycles. The van der Waals surface area contributed by atoms with Crippen LogP contribution in [0.25, 0.3) is 11.0 Å². The van der Waals surface area contributed by atoms with Gasteiger partial charge < -0.3 is 4.42 Å². The number of aryl methyl sites for hydroxylation is 1. The summed E-state index contributed by atoms with van der Waals surface area (Å²) in [6.45, 7) is 1.89. The second-order valence-corrected chi connectivity index (χ2v) is 5.08. The van der Waals surface area contributed by atoms with E-state index in [4.69, 9.17) is 16.6 Å². The van der Waals surface area contributed by atoms with Crippen LogP contribution in [0.3, 0.4) is 0 Å². The van der Waals surface area contributed by atoms with Crippen LogP contribution in [0.5, 0.6) is 0 Å². The minimum atomic E-state index is -4.66. The lowest BCUT2D eigenvalue weighted by molar-refractivity contribution is -0.147. The monoisotopic (exact) mass is 340 g/mol. The molecule has 0 radical (unpaired) electrons. The highest BCUT2D eigenvalue weighted by Crippen LogP contribution is 2.28. The van der Waals surface area contributed by atoms with Gasteiger partial charge in [-0.3, -0.25) is 0 Å². The van der Waals surface area contributed by atoms with Crippen LogP contribution in [-0.4, -0.2) is 21.1 Å². The fourth-order valence-corrected chi connectivity index (χ4v) is 2.40. The van der Waals surface area contributed by atoms with E-state index in [1.54, 1.807) is 6.07 Å². The molecular formula is C14H11F3N4OS. The van der Waals surface area contributed by atoms with Gasteiger partial charge in [0.25, 0.3) is 5.82 Å². The van der Waals surface area contributed by atoms with Crippen molar-refractivity contribution in [3.05, 3.63) is 46.2 Å². The van der Waals surface area contributed by atoms with Gasteiger partial charge in [-0.1, -0.05) is 25.1 Å². The number of alkyl halides is 3. The highest BCUT2D eigenvalue weighted by atomic mass is 32.1. The summed E-state index contributed by atoms with van der Waals surface area (Å²) in [4.78, 5) is 0. The quantitative estimate of drug-likeness (QED) is 0.575. The number of benzene rings is 1. The van der Waals surface area contributed by atoms with Crippen molar-refractivity contribution in [1.29, 1.82) is 0 Å². The van der Waals surface area contributed by atoms with Crippen LogP contribution < -0.4 is 0 Å². The lowest BCUT2D eigenvalue weighted by Gasteiger charge is -2.03. The second kappa shape index (κ2) is 5.65. The molecule has 2 heterocycles. The third kappa shape index (κ3) is 2.79. The summed E-state index contributed by atoms with van der Waals surface area (Å²) in [5.74, 6) is -0.567. The molecule has 0 atom stereocenters. The summed E-state index contributed by atoms with van der Waals surface area (Å²) >= 11 is 4.80. The summed E-state index contributed by atoms with van der Waals surface area (Å²) in [6.07, 6.45) is -2.76. The largest absolute Gasteiger partial charge is 0.460 e. The van der Waals surface area contributed by atoms with Gasteiger partial charge in [-0.2, -0.15) is 22.9 Å². The van der Waals surface area contributed by atoms with Gasteiger partial charge >= 0.3 is 6.18 Å². The first kappa shape index (κ1) is 15.5.